The maximum Gasteiger partial charge on any atom is 0.274 e. The van der Waals surface area contributed by atoms with E-state index in [1.807, 2.05) is 17.5 Å². The van der Waals surface area contributed by atoms with Crippen LogP contribution in [-0.4, -0.2) is 21.1 Å². The van der Waals surface area contributed by atoms with Gasteiger partial charge < -0.3 is 10.6 Å². The van der Waals surface area contributed by atoms with E-state index >= 15 is 0 Å². The van der Waals surface area contributed by atoms with Crippen LogP contribution in [0.1, 0.15) is 17.5 Å². The van der Waals surface area contributed by atoms with Gasteiger partial charge in [0.25, 0.3) is 5.56 Å². The molecule has 8 heteroatoms. The van der Waals surface area contributed by atoms with Gasteiger partial charge in [0.05, 0.1) is 0 Å². The number of nitrogens with zero attached hydrogens (tertiary/aromatic N) is 2. The molecule has 2 heterocycles. The van der Waals surface area contributed by atoms with E-state index < -0.39 is 0 Å². The monoisotopic (exact) mass is 341 g/mol. The molecule has 7 nitrogen and oxygen atoms in total. The first-order chi connectivity index (χ1) is 11.6. The summed E-state index contributed by atoms with van der Waals surface area (Å²) in [6, 6.07) is 10.9. The number of rotatable bonds is 5. The second kappa shape index (κ2) is 7.05. The number of carbonyl (C=O) groups is 1. The predicted octanol–water partition coefficient (Wildman–Crippen LogP) is 2.52. The highest BCUT2D eigenvalue weighted by Crippen LogP contribution is 2.16. The molecule has 0 atom stereocenters. The predicted molar refractivity (Wildman–Crippen MR) is 93.8 cm³/mol. The maximum atomic E-state index is 12.1. The summed E-state index contributed by atoms with van der Waals surface area (Å²) in [4.78, 5) is 26.8. The van der Waals surface area contributed by atoms with Crippen LogP contribution in [0.25, 0.3) is 0 Å². The number of hydrogen-bond donors (Lipinski definition) is 3. The van der Waals surface area contributed by atoms with Gasteiger partial charge in [-0.25, -0.2) is 0 Å². The number of aromatic nitrogens is 3. The normalized spacial score (nSPS) is 10.4. The highest BCUT2D eigenvalue weighted by Gasteiger charge is 2.07. The minimum absolute atomic E-state index is 0.132. The Morgan fingerprint density at radius 1 is 1.17 bits per heavy atom. The van der Waals surface area contributed by atoms with Crippen LogP contribution in [0.4, 0.5) is 17.3 Å². The number of H-pyrrole nitrogens is 1. The molecule has 0 radical (unpaired) electrons. The number of thiophene rings is 1. The van der Waals surface area contributed by atoms with Crippen molar-refractivity contribution in [1.82, 2.24) is 15.2 Å². The summed E-state index contributed by atoms with van der Waals surface area (Å²) in [6.07, 6.45) is 0.464. The van der Waals surface area contributed by atoms with Crippen molar-refractivity contribution in [1.29, 1.82) is 0 Å². The van der Waals surface area contributed by atoms with Crippen LogP contribution in [0.15, 0.2) is 46.6 Å². The third-order valence-electron chi connectivity index (χ3n) is 3.15. The number of benzene rings is 1. The fourth-order valence-corrected chi connectivity index (χ4v) is 2.80. The molecule has 0 aliphatic heterocycles. The molecule has 0 saturated carbocycles. The molecule has 3 rings (SSSR count). The highest BCUT2D eigenvalue weighted by molar-refractivity contribution is 7.09. The van der Waals surface area contributed by atoms with Gasteiger partial charge in [0.2, 0.25) is 11.9 Å². The minimum Gasteiger partial charge on any atom is -0.326 e. The average molecular weight is 341 g/mol. The molecule has 122 valence electrons. The summed E-state index contributed by atoms with van der Waals surface area (Å²) in [5, 5.41) is 15.6. The number of aromatic amines is 1. The van der Waals surface area contributed by atoms with E-state index in [-0.39, 0.29) is 17.4 Å². The molecule has 0 unspecified atom stereocenters. The van der Waals surface area contributed by atoms with E-state index in [1.165, 1.54) is 6.92 Å². The Labute approximate surface area is 141 Å². The zero-order valence-corrected chi connectivity index (χ0v) is 13.7. The molecule has 1 aromatic carbocycles. The van der Waals surface area contributed by atoms with E-state index in [0.29, 0.717) is 17.8 Å². The number of anilines is 3. The average Bonchev–Trinajstić information content (AvgIpc) is 3.04. The Balaban J connectivity index is 1.70. The number of nitrogens with one attached hydrogen (secondary N) is 3. The molecule has 0 spiro atoms. The summed E-state index contributed by atoms with van der Waals surface area (Å²) in [7, 11) is 0. The largest absolute Gasteiger partial charge is 0.326 e. The topological polar surface area (TPSA) is 99.8 Å². The van der Waals surface area contributed by atoms with Crippen molar-refractivity contribution in [3.63, 3.8) is 0 Å². The van der Waals surface area contributed by atoms with Gasteiger partial charge >= 0.3 is 0 Å². The fourth-order valence-electron chi connectivity index (χ4n) is 2.09. The third-order valence-corrected chi connectivity index (χ3v) is 4.03. The molecule has 0 fully saturated rings. The second-order valence-electron chi connectivity index (χ2n) is 5.09. The van der Waals surface area contributed by atoms with E-state index in [4.69, 9.17) is 0 Å². The van der Waals surface area contributed by atoms with Crippen molar-refractivity contribution in [3.05, 3.63) is 62.7 Å². The molecular formula is C16H15N5O2S. The van der Waals surface area contributed by atoms with Crippen molar-refractivity contribution < 1.29 is 4.79 Å². The van der Waals surface area contributed by atoms with Gasteiger partial charge in [-0.3, -0.25) is 14.6 Å². The van der Waals surface area contributed by atoms with Gasteiger partial charge in [0.1, 0.15) is 5.69 Å². The standard InChI is InChI=1S/C16H15N5O2S/c1-10(22)17-11-4-6-12(7-5-11)18-16-19-15(23)14(20-21-16)9-13-3-2-8-24-13/h2-8H,9H2,1H3,(H,17,22)(H2,18,19,21,23). The Bertz CT molecular complexity index is 888. The summed E-state index contributed by atoms with van der Waals surface area (Å²) < 4.78 is 0. The first kappa shape index (κ1) is 15.9. The van der Waals surface area contributed by atoms with E-state index in [1.54, 1.807) is 35.6 Å². The van der Waals surface area contributed by atoms with Crippen LogP contribution >= 0.6 is 11.3 Å². The third kappa shape index (κ3) is 4.05. The van der Waals surface area contributed by atoms with Gasteiger partial charge in [-0.2, -0.15) is 0 Å². The van der Waals surface area contributed by atoms with E-state index in [9.17, 15) is 9.59 Å². The smallest absolute Gasteiger partial charge is 0.274 e. The molecule has 3 N–H and O–H groups in total. The number of hydrogen-bond acceptors (Lipinski definition) is 6. The lowest BCUT2D eigenvalue weighted by Gasteiger charge is -2.07. The van der Waals surface area contributed by atoms with Crippen molar-refractivity contribution >= 4 is 34.6 Å². The molecule has 1 amide bonds. The molecule has 0 saturated heterocycles. The van der Waals surface area contributed by atoms with Crippen LogP contribution in [0.3, 0.4) is 0 Å². The van der Waals surface area contributed by atoms with Crippen molar-refractivity contribution in [2.75, 3.05) is 10.6 Å². The summed E-state index contributed by atoms with van der Waals surface area (Å²) in [5.74, 6) is 0.134. The van der Waals surface area contributed by atoms with Gasteiger partial charge in [-0.1, -0.05) is 6.07 Å². The molecular weight excluding hydrogens is 326 g/mol. The number of amides is 1. The zero-order chi connectivity index (χ0) is 16.9. The van der Waals surface area contributed by atoms with Crippen LogP contribution in [-0.2, 0) is 11.2 Å². The zero-order valence-electron chi connectivity index (χ0n) is 12.9. The molecule has 0 aliphatic carbocycles. The molecule has 3 aromatic rings. The van der Waals surface area contributed by atoms with Gasteiger partial charge in [0.15, 0.2) is 0 Å². The SMILES string of the molecule is CC(=O)Nc1ccc(Nc2nnc(Cc3cccs3)c(=O)[nH]2)cc1. The summed E-state index contributed by atoms with van der Waals surface area (Å²) in [6.45, 7) is 1.45. The van der Waals surface area contributed by atoms with Crippen LogP contribution in [0, 0.1) is 0 Å². The maximum absolute atomic E-state index is 12.1. The quantitative estimate of drug-likeness (QED) is 0.662. The lowest BCUT2D eigenvalue weighted by atomic mass is 10.3. The molecule has 0 bridgehead atoms. The van der Waals surface area contributed by atoms with Crippen LogP contribution < -0.4 is 16.2 Å². The Morgan fingerprint density at radius 3 is 2.54 bits per heavy atom. The minimum atomic E-state index is -0.268. The fraction of sp³-hybridized carbons (Fsp3) is 0.125. The van der Waals surface area contributed by atoms with Crippen LogP contribution in [0.5, 0.6) is 0 Å². The van der Waals surface area contributed by atoms with Gasteiger partial charge in [0, 0.05) is 29.6 Å². The molecule has 24 heavy (non-hydrogen) atoms. The lowest BCUT2D eigenvalue weighted by molar-refractivity contribution is -0.114. The Morgan fingerprint density at radius 2 is 1.92 bits per heavy atom. The molecule has 0 aliphatic rings. The van der Waals surface area contributed by atoms with Crippen molar-refractivity contribution in [3.8, 4) is 0 Å². The van der Waals surface area contributed by atoms with Crippen molar-refractivity contribution in [2.24, 2.45) is 0 Å². The van der Waals surface area contributed by atoms with Crippen LogP contribution in [0.2, 0.25) is 0 Å². The first-order valence-corrected chi connectivity index (χ1v) is 8.11. The van der Waals surface area contributed by atoms with Gasteiger partial charge in [-0.05, 0) is 35.7 Å². The summed E-state index contributed by atoms with van der Waals surface area (Å²) >= 11 is 1.57. The summed E-state index contributed by atoms with van der Waals surface area (Å²) in [5.41, 5.74) is 1.53. The van der Waals surface area contributed by atoms with E-state index in [0.717, 1.165) is 10.6 Å². The van der Waals surface area contributed by atoms with Gasteiger partial charge in [-0.15, -0.1) is 21.5 Å². The number of carbonyl (C=O) groups excluding carboxylic acids is 1. The van der Waals surface area contributed by atoms with Crippen molar-refractivity contribution in [2.45, 2.75) is 13.3 Å². The highest BCUT2D eigenvalue weighted by atomic mass is 32.1. The lowest BCUT2D eigenvalue weighted by Crippen LogP contribution is -2.18. The second-order valence-corrected chi connectivity index (χ2v) is 6.12. The molecule has 2 aromatic heterocycles. The Hall–Kier alpha value is -3.00. The van der Waals surface area contributed by atoms with E-state index in [2.05, 4.69) is 25.8 Å². The first-order valence-electron chi connectivity index (χ1n) is 7.23. The Kier molecular flexibility index (Phi) is 4.66.